The van der Waals surface area contributed by atoms with Crippen LogP contribution in [0.15, 0.2) is 28.5 Å². The molecule has 2 rings (SSSR count). The second kappa shape index (κ2) is 6.20. The molecule has 1 heterocycles. The van der Waals surface area contributed by atoms with Crippen molar-refractivity contribution in [2.24, 2.45) is 0 Å². The number of sulfonamides is 1. The lowest BCUT2D eigenvalue weighted by atomic mass is 10.3. The third-order valence-corrected chi connectivity index (χ3v) is 4.85. The molecule has 118 valence electrons. The van der Waals surface area contributed by atoms with Crippen LogP contribution < -0.4 is 14.2 Å². The first-order chi connectivity index (χ1) is 10.4. The Bertz CT molecular complexity index is 800. The summed E-state index contributed by atoms with van der Waals surface area (Å²) in [5, 5.41) is 9.98. The van der Waals surface area contributed by atoms with Gasteiger partial charge in [0.15, 0.2) is 10.8 Å². The molecular formula is C12H12N2O6S2. The van der Waals surface area contributed by atoms with Crippen LogP contribution in [-0.2, 0) is 10.0 Å². The minimum absolute atomic E-state index is 0.0535. The molecule has 8 nitrogen and oxygen atoms in total. The number of anilines is 1. The highest BCUT2D eigenvalue weighted by Crippen LogP contribution is 2.30. The number of benzene rings is 1. The number of methoxy groups -OCH3 is 2. The Hall–Kier alpha value is -2.33. The van der Waals surface area contributed by atoms with Crippen LogP contribution in [0.5, 0.6) is 11.5 Å². The van der Waals surface area contributed by atoms with Crippen LogP contribution in [0.4, 0.5) is 5.13 Å². The van der Waals surface area contributed by atoms with E-state index in [2.05, 4.69) is 9.71 Å². The lowest BCUT2D eigenvalue weighted by molar-refractivity contribution is 0.0691. The highest BCUT2D eigenvalue weighted by molar-refractivity contribution is 7.93. The summed E-state index contributed by atoms with van der Waals surface area (Å²) in [6, 6.07) is 4.31. The van der Waals surface area contributed by atoms with Crippen molar-refractivity contribution >= 4 is 32.5 Å². The summed E-state index contributed by atoms with van der Waals surface area (Å²) in [6.45, 7) is 0. The Morgan fingerprint density at radius 1 is 1.32 bits per heavy atom. The van der Waals surface area contributed by atoms with E-state index in [0.29, 0.717) is 5.75 Å². The monoisotopic (exact) mass is 344 g/mol. The molecule has 0 fully saturated rings. The summed E-state index contributed by atoms with van der Waals surface area (Å²) >= 11 is 0.869. The summed E-state index contributed by atoms with van der Waals surface area (Å²) in [4.78, 5) is 14.3. The number of nitrogens with zero attached hydrogens (tertiary/aromatic N) is 1. The van der Waals surface area contributed by atoms with Gasteiger partial charge in [-0.2, -0.15) is 0 Å². The zero-order valence-corrected chi connectivity index (χ0v) is 13.2. The first-order valence-corrected chi connectivity index (χ1v) is 8.17. The number of nitrogens with one attached hydrogen (secondary N) is 1. The quantitative estimate of drug-likeness (QED) is 0.819. The van der Waals surface area contributed by atoms with Crippen LogP contribution in [0.25, 0.3) is 0 Å². The highest BCUT2D eigenvalue weighted by atomic mass is 32.2. The van der Waals surface area contributed by atoms with Gasteiger partial charge in [0.25, 0.3) is 10.0 Å². The van der Waals surface area contributed by atoms with Crippen LogP contribution >= 0.6 is 11.3 Å². The number of carbonyl (C=O) groups is 1. The van der Waals surface area contributed by atoms with E-state index in [1.54, 1.807) is 6.07 Å². The topological polar surface area (TPSA) is 115 Å². The van der Waals surface area contributed by atoms with Gasteiger partial charge in [0.2, 0.25) is 0 Å². The molecule has 0 aliphatic rings. The summed E-state index contributed by atoms with van der Waals surface area (Å²) in [7, 11) is -1.25. The van der Waals surface area contributed by atoms with Crippen molar-refractivity contribution in [2.75, 3.05) is 18.9 Å². The fraction of sp³-hybridized carbons (Fsp3) is 0.167. The van der Waals surface area contributed by atoms with Gasteiger partial charge in [-0.3, -0.25) is 4.72 Å². The number of hydrogen-bond donors (Lipinski definition) is 2. The number of aromatic carboxylic acids is 1. The molecule has 10 heteroatoms. The molecule has 0 aliphatic heterocycles. The van der Waals surface area contributed by atoms with Gasteiger partial charge in [-0.1, -0.05) is 0 Å². The van der Waals surface area contributed by atoms with Gasteiger partial charge in [0.05, 0.1) is 14.2 Å². The highest BCUT2D eigenvalue weighted by Gasteiger charge is 2.22. The first kappa shape index (κ1) is 16.0. The predicted octanol–water partition coefficient (Wildman–Crippen LogP) is 1.66. The fourth-order valence-corrected chi connectivity index (χ4v) is 3.71. The van der Waals surface area contributed by atoms with Crippen molar-refractivity contribution < 1.29 is 27.8 Å². The summed E-state index contributed by atoms with van der Waals surface area (Å²) in [6.07, 6.45) is 0. The maximum Gasteiger partial charge on any atom is 0.355 e. The fourth-order valence-electron chi connectivity index (χ4n) is 1.58. The molecule has 1 aromatic carbocycles. The third kappa shape index (κ3) is 3.28. The maximum atomic E-state index is 12.4. The van der Waals surface area contributed by atoms with Crippen molar-refractivity contribution in [2.45, 2.75) is 4.90 Å². The minimum Gasteiger partial charge on any atom is -0.497 e. The van der Waals surface area contributed by atoms with Crippen molar-refractivity contribution in [1.29, 1.82) is 0 Å². The second-order valence-electron chi connectivity index (χ2n) is 3.97. The van der Waals surface area contributed by atoms with E-state index in [1.165, 1.54) is 31.7 Å². The molecule has 22 heavy (non-hydrogen) atoms. The van der Waals surface area contributed by atoms with Crippen LogP contribution in [0, 0.1) is 0 Å². The average Bonchev–Trinajstić information content (AvgIpc) is 2.94. The van der Waals surface area contributed by atoms with Gasteiger partial charge in [-0.25, -0.2) is 18.2 Å². The summed E-state index contributed by atoms with van der Waals surface area (Å²) in [5.74, 6) is -0.768. The molecule has 0 bridgehead atoms. The number of thiazole rings is 1. The molecule has 0 spiro atoms. The Kier molecular flexibility index (Phi) is 4.52. The third-order valence-electron chi connectivity index (χ3n) is 2.61. The standard InChI is InChI=1S/C12H12N2O6S2/c1-19-7-3-4-9(20-2)10(5-7)22(17,18)14-12-13-8(6-21-12)11(15)16/h3-6H,1-2H3,(H,13,14)(H,15,16). The first-order valence-electron chi connectivity index (χ1n) is 5.81. The lowest BCUT2D eigenvalue weighted by Crippen LogP contribution is -2.14. The van der Waals surface area contributed by atoms with Crippen molar-refractivity contribution in [3.8, 4) is 11.5 Å². The molecular weight excluding hydrogens is 332 g/mol. The Morgan fingerprint density at radius 3 is 2.59 bits per heavy atom. The number of aromatic nitrogens is 1. The molecule has 0 aliphatic carbocycles. The number of hydrogen-bond acceptors (Lipinski definition) is 7. The molecule has 0 amide bonds. The Morgan fingerprint density at radius 2 is 2.05 bits per heavy atom. The number of ether oxygens (including phenoxy) is 2. The summed E-state index contributed by atoms with van der Waals surface area (Å²) in [5.41, 5.74) is -0.236. The Labute approximate surface area is 130 Å². The molecule has 0 saturated heterocycles. The van der Waals surface area contributed by atoms with E-state index >= 15 is 0 Å². The van der Waals surface area contributed by atoms with E-state index in [9.17, 15) is 13.2 Å². The van der Waals surface area contributed by atoms with Crippen LogP contribution in [-0.4, -0.2) is 38.7 Å². The van der Waals surface area contributed by atoms with Gasteiger partial charge in [0.1, 0.15) is 16.4 Å². The normalized spacial score (nSPS) is 11.0. The molecule has 2 N–H and O–H groups in total. The molecule has 1 aromatic heterocycles. The predicted molar refractivity (Wildman–Crippen MR) is 79.4 cm³/mol. The van der Waals surface area contributed by atoms with E-state index in [0.717, 1.165) is 11.3 Å². The Balaban J connectivity index is 2.39. The molecule has 0 unspecified atom stereocenters. The van der Waals surface area contributed by atoms with Gasteiger partial charge >= 0.3 is 5.97 Å². The van der Waals surface area contributed by atoms with E-state index in [4.69, 9.17) is 14.6 Å². The summed E-state index contributed by atoms with van der Waals surface area (Å²) < 4.78 is 37.0. The smallest absolute Gasteiger partial charge is 0.355 e. The van der Waals surface area contributed by atoms with E-state index in [1.807, 2.05) is 0 Å². The molecule has 2 aromatic rings. The number of carboxylic acid groups (broad SMARTS) is 1. The van der Waals surface area contributed by atoms with Crippen molar-refractivity contribution in [1.82, 2.24) is 4.98 Å². The largest absolute Gasteiger partial charge is 0.497 e. The van der Waals surface area contributed by atoms with E-state index in [-0.39, 0.29) is 21.5 Å². The van der Waals surface area contributed by atoms with Crippen molar-refractivity contribution in [3.63, 3.8) is 0 Å². The van der Waals surface area contributed by atoms with Gasteiger partial charge in [-0.15, -0.1) is 11.3 Å². The number of rotatable bonds is 6. The van der Waals surface area contributed by atoms with Crippen LogP contribution in [0.1, 0.15) is 10.5 Å². The van der Waals surface area contributed by atoms with Crippen LogP contribution in [0.2, 0.25) is 0 Å². The second-order valence-corrected chi connectivity index (χ2v) is 6.47. The van der Waals surface area contributed by atoms with Crippen molar-refractivity contribution in [3.05, 3.63) is 29.3 Å². The van der Waals surface area contributed by atoms with E-state index < -0.39 is 16.0 Å². The minimum atomic E-state index is -4.00. The molecule has 0 atom stereocenters. The average molecular weight is 344 g/mol. The van der Waals surface area contributed by atoms with Gasteiger partial charge < -0.3 is 14.6 Å². The molecule has 0 radical (unpaired) electrons. The maximum absolute atomic E-state index is 12.4. The SMILES string of the molecule is COc1ccc(OC)c(S(=O)(=O)Nc2nc(C(=O)O)cs2)c1. The zero-order valence-electron chi connectivity index (χ0n) is 11.6. The zero-order chi connectivity index (χ0) is 16.3. The van der Waals surface area contributed by atoms with Gasteiger partial charge in [-0.05, 0) is 12.1 Å². The van der Waals surface area contributed by atoms with Gasteiger partial charge in [0, 0.05) is 11.4 Å². The number of carboxylic acids is 1. The lowest BCUT2D eigenvalue weighted by Gasteiger charge is -2.11. The molecule has 0 saturated carbocycles. The van der Waals surface area contributed by atoms with Crippen LogP contribution in [0.3, 0.4) is 0 Å².